The Bertz CT molecular complexity index is 1510. The fraction of sp³-hybridized carbons (Fsp3) is 0.200. The molecule has 0 radical (unpaired) electrons. The van der Waals surface area contributed by atoms with E-state index in [2.05, 4.69) is 11.6 Å². The molecule has 0 spiro atoms. The van der Waals surface area contributed by atoms with Crippen molar-refractivity contribution in [1.29, 1.82) is 0 Å². The van der Waals surface area contributed by atoms with E-state index in [9.17, 15) is 19.5 Å². The molecule has 0 saturated carbocycles. The standard InChI is InChI=1S/C30H28N2O7S/c1-5-16-39-29(36)27-18(3)31-30(40-27)32-25(20-13-15-22(38-6-2)23(17-20)37-4)24(26(34)28(32)35)21(33)14-12-19-10-8-7-9-11-19/h5,7-15,17,25,34H,1,6,16H2,2-4H3. The first kappa shape index (κ1) is 28.3. The Morgan fingerprint density at radius 2 is 1.93 bits per heavy atom. The Labute approximate surface area is 235 Å². The van der Waals surface area contributed by atoms with Crippen molar-refractivity contribution < 1.29 is 33.7 Å². The lowest BCUT2D eigenvalue weighted by Gasteiger charge is -2.25. The van der Waals surface area contributed by atoms with Crippen LogP contribution in [-0.4, -0.2) is 48.1 Å². The number of aliphatic hydroxyl groups is 1. The van der Waals surface area contributed by atoms with E-state index in [-0.39, 0.29) is 22.2 Å². The van der Waals surface area contributed by atoms with E-state index in [0.717, 1.165) is 16.9 Å². The second-order valence-corrected chi connectivity index (χ2v) is 9.57. The number of amides is 1. The fourth-order valence-corrected chi connectivity index (χ4v) is 5.19. The third-order valence-corrected chi connectivity index (χ3v) is 7.15. The van der Waals surface area contributed by atoms with Gasteiger partial charge in [0.15, 0.2) is 28.2 Å². The summed E-state index contributed by atoms with van der Waals surface area (Å²) in [4.78, 5) is 45.4. The van der Waals surface area contributed by atoms with Gasteiger partial charge in [-0.1, -0.05) is 66.5 Å². The van der Waals surface area contributed by atoms with Crippen LogP contribution in [0.15, 0.2) is 78.6 Å². The quantitative estimate of drug-likeness (QED) is 0.189. The zero-order valence-corrected chi connectivity index (χ0v) is 23.1. The largest absolute Gasteiger partial charge is 0.503 e. The molecule has 9 nitrogen and oxygen atoms in total. The van der Waals surface area contributed by atoms with Crippen molar-refractivity contribution in [2.45, 2.75) is 19.9 Å². The number of methoxy groups -OCH3 is 1. The minimum absolute atomic E-state index is 0.0114. The van der Waals surface area contributed by atoms with Crippen molar-refractivity contribution in [3.05, 3.63) is 100 Å². The van der Waals surface area contributed by atoms with E-state index in [1.165, 1.54) is 24.2 Å². The Kier molecular flexibility index (Phi) is 8.80. The number of carbonyl (C=O) groups excluding carboxylic acids is 3. The molecular formula is C30H28N2O7S. The zero-order chi connectivity index (χ0) is 28.8. The Hall–Kier alpha value is -4.70. The van der Waals surface area contributed by atoms with E-state index >= 15 is 0 Å². The summed E-state index contributed by atoms with van der Waals surface area (Å²) >= 11 is 0.927. The number of aliphatic hydroxyl groups excluding tert-OH is 1. The monoisotopic (exact) mass is 560 g/mol. The Morgan fingerprint density at radius 3 is 2.60 bits per heavy atom. The van der Waals surface area contributed by atoms with Gasteiger partial charge in [0.2, 0.25) is 0 Å². The van der Waals surface area contributed by atoms with E-state index in [1.54, 1.807) is 31.2 Å². The van der Waals surface area contributed by atoms with Gasteiger partial charge in [-0.2, -0.15) is 0 Å². The van der Waals surface area contributed by atoms with Crippen LogP contribution in [0.3, 0.4) is 0 Å². The smallest absolute Gasteiger partial charge is 0.350 e. The number of rotatable bonds is 11. The molecule has 206 valence electrons. The second-order valence-electron chi connectivity index (χ2n) is 8.59. The van der Waals surface area contributed by atoms with Gasteiger partial charge in [-0.25, -0.2) is 9.78 Å². The highest BCUT2D eigenvalue weighted by Gasteiger charge is 2.45. The summed E-state index contributed by atoms with van der Waals surface area (Å²) in [6.07, 6.45) is 4.35. The predicted octanol–water partition coefficient (Wildman–Crippen LogP) is 5.38. The molecule has 1 N–H and O–H groups in total. The van der Waals surface area contributed by atoms with Crippen molar-refractivity contribution in [1.82, 2.24) is 4.98 Å². The van der Waals surface area contributed by atoms with Gasteiger partial charge in [0.25, 0.3) is 5.91 Å². The number of aromatic nitrogens is 1. The van der Waals surface area contributed by atoms with Crippen molar-refractivity contribution in [3.63, 3.8) is 0 Å². The topological polar surface area (TPSA) is 115 Å². The lowest BCUT2D eigenvalue weighted by molar-refractivity contribution is -0.117. The maximum absolute atomic E-state index is 13.5. The highest BCUT2D eigenvalue weighted by molar-refractivity contribution is 7.17. The molecule has 0 saturated heterocycles. The predicted molar refractivity (Wildman–Crippen MR) is 152 cm³/mol. The third kappa shape index (κ3) is 5.67. The molecule has 1 atom stereocenters. The first-order valence-electron chi connectivity index (χ1n) is 12.4. The third-order valence-electron chi connectivity index (χ3n) is 6.01. The fourth-order valence-electron chi connectivity index (χ4n) is 4.20. The van der Waals surface area contributed by atoms with Crippen LogP contribution in [0.5, 0.6) is 11.5 Å². The molecule has 0 aliphatic carbocycles. The summed E-state index contributed by atoms with van der Waals surface area (Å²) in [6, 6.07) is 13.1. The maximum atomic E-state index is 13.5. The first-order chi connectivity index (χ1) is 19.3. The number of benzene rings is 2. The molecule has 2 aromatic carbocycles. The molecule has 1 unspecified atom stereocenters. The lowest BCUT2D eigenvalue weighted by atomic mass is 9.95. The summed E-state index contributed by atoms with van der Waals surface area (Å²) in [5.74, 6) is -1.85. The van der Waals surface area contributed by atoms with Crippen LogP contribution in [0.4, 0.5) is 5.13 Å². The first-order valence-corrected chi connectivity index (χ1v) is 13.2. The number of ketones is 1. The molecular weight excluding hydrogens is 532 g/mol. The molecule has 0 fully saturated rings. The van der Waals surface area contributed by atoms with E-state index < -0.39 is 29.5 Å². The second kappa shape index (κ2) is 12.4. The van der Waals surface area contributed by atoms with Gasteiger partial charge in [-0.05, 0) is 43.2 Å². The number of thiazole rings is 1. The minimum Gasteiger partial charge on any atom is -0.503 e. The van der Waals surface area contributed by atoms with Gasteiger partial charge in [0, 0.05) is 0 Å². The molecule has 40 heavy (non-hydrogen) atoms. The summed E-state index contributed by atoms with van der Waals surface area (Å²) < 4.78 is 16.3. The van der Waals surface area contributed by atoms with Crippen LogP contribution in [0.2, 0.25) is 0 Å². The average Bonchev–Trinajstić information content (AvgIpc) is 3.47. The number of hydrogen-bond acceptors (Lipinski definition) is 9. The molecule has 1 aliphatic rings. The molecule has 1 amide bonds. The van der Waals surface area contributed by atoms with Crippen molar-refractivity contribution in [3.8, 4) is 11.5 Å². The SMILES string of the molecule is C=CCOC(=O)c1sc(N2C(=O)C(O)=C(C(=O)C=Cc3ccccc3)C2c2ccc(OCC)c(OC)c2)nc1C. The molecule has 2 heterocycles. The van der Waals surface area contributed by atoms with Crippen LogP contribution in [0.1, 0.15) is 39.5 Å². The average molecular weight is 561 g/mol. The number of aryl methyl sites for hydroxylation is 1. The van der Waals surface area contributed by atoms with Crippen molar-refractivity contribution in [2.75, 3.05) is 25.2 Å². The van der Waals surface area contributed by atoms with Crippen LogP contribution < -0.4 is 14.4 Å². The van der Waals surface area contributed by atoms with Crippen LogP contribution in [-0.2, 0) is 14.3 Å². The molecule has 3 aromatic rings. The van der Waals surface area contributed by atoms with Gasteiger partial charge in [0.1, 0.15) is 11.5 Å². The highest BCUT2D eigenvalue weighted by Crippen LogP contribution is 2.45. The van der Waals surface area contributed by atoms with Crippen LogP contribution >= 0.6 is 11.3 Å². The van der Waals surface area contributed by atoms with Crippen molar-refractivity contribution >= 4 is 40.2 Å². The van der Waals surface area contributed by atoms with Crippen LogP contribution in [0.25, 0.3) is 6.08 Å². The minimum atomic E-state index is -1.06. The maximum Gasteiger partial charge on any atom is 0.350 e. The number of esters is 1. The number of nitrogens with zero attached hydrogens (tertiary/aromatic N) is 2. The number of anilines is 1. The van der Waals surface area contributed by atoms with E-state index in [0.29, 0.717) is 29.4 Å². The molecule has 1 aromatic heterocycles. The van der Waals surface area contributed by atoms with E-state index in [4.69, 9.17) is 14.2 Å². The van der Waals surface area contributed by atoms with Gasteiger partial charge < -0.3 is 19.3 Å². The summed E-state index contributed by atoms with van der Waals surface area (Å²) in [7, 11) is 1.48. The van der Waals surface area contributed by atoms with Gasteiger partial charge in [0.05, 0.1) is 31.0 Å². The number of hydrogen-bond donors (Lipinski definition) is 1. The summed E-state index contributed by atoms with van der Waals surface area (Å²) in [6.45, 7) is 7.40. The summed E-state index contributed by atoms with van der Waals surface area (Å²) in [5, 5.41) is 11.1. The molecule has 1 aliphatic heterocycles. The highest BCUT2D eigenvalue weighted by atomic mass is 32.1. The normalized spacial score (nSPS) is 15.0. The van der Waals surface area contributed by atoms with Gasteiger partial charge >= 0.3 is 5.97 Å². The van der Waals surface area contributed by atoms with Gasteiger partial charge in [-0.15, -0.1) is 0 Å². The van der Waals surface area contributed by atoms with Gasteiger partial charge in [-0.3, -0.25) is 14.5 Å². The van der Waals surface area contributed by atoms with E-state index in [1.807, 2.05) is 37.3 Å². The zero-order valence-electron chi connectivity index (χ0n) is 22.2. The number of carbonyl (C=O) groups is 3. The number of ether oxygens (including phenoxy) is 3. The molecule has 0 bridgehead atoms. The summed E-state index contributed by atoms with van der Waals surface area (Å²) in [5.41, 5.74) is 1.45. The van der Waals surface area contributed by atoms with Crippen LogP contribution in [0, 0.1) is 6.92 Å². The number of allylic oxidation sites excluding steroid dienone is 1. The molecule has 10 heteroatoms. The van der Waals surface area contributed by atoms with Crippen molar-refractivity contribution in [2.24, 2.45) is 0 Å². The lowest BCUT2D eigenvalue weighted by Crippen LogP contribution is -2.30. The Morgan fingerprint density at radius 1 is 1.18 bits per heavy atom. The molecule has 4 rings (SSSR count). The Balaban J connectivity index is 1.82.